The van der Waals surface area contributed by atoms with Crippen molar-refractivity contribution in [2.75, 3.05) is 11.4 Å². The van der Waals surface area contributed by atoms with Crippen LogP contribution in [0.25, 0.3) is 0 Å². The van der Waals surface area contributed by atoms with Crippen molar-refractivity contribution in [3.63, 3.8) is 0 Å². The second-order valence-corrected chi connectivity index (χ2v) is 5.58. The van der Waals surface area contributed by atoms with E-state index in [0.717, 1.165) is 22.4 Å². The topological polar surface area (TPSA) is 59.4 Å². The van der Waals surface area contributed by atoms with Crippen LogP contribution in [0.15, 0.2) is 46.3 Å². The van der Waals surface area contributed by atoms with Crippen molar-refractivity contribution in [2.24, 2.45) is 10.7 Å². The van der Waals surface area contributed by atoms with Gasteiger partial charge in [0, 0.05) is 16.7 Å². The van der Waals surface area contributed by atoms with Crippen LogP contribution < -0.4 is 10.6 Å². The van der Waals surface area contributed by atoms with Crippen LogP contribution in [0.3, 0.4) is 0 Å². The molecule has 1 aromatic carbocycles. The van der Waals surface area contributed by atoms with Gasteiger partial charge in [-0.1, -0.05) is 15.9 Å². The third-order valence-corrected chi connectivity index (χ3v) is 4.04. The molecule has 0 radical (unpaired) electrons. The van der Waals surface area contributed by atoms with Gasteiger partial charge < -0.3 is 15.2 Å². The summed E-state index contributed by atoms with van der Waals surface area (Å²) >= 11 is 3.45. The molecule has 5 nitrogen and oxygen atoms in total. The molecular weight excluding hydrogens is 318 g/mol. The van der Waals surface area contributed by atoms with E-state index in [-0.39, 0.29) is 6.04 Å². The average Bonchev–Trinajstić information content (AvgIpc) is 3.05. The summed E-state index contributed by atoms with van der Waals surface area (Å²) in [4.78, 5) is 10.7. The Morgan fingerprint density at radius 2 is 2.10 bits per heavy atom. The number of aromatic nitrogens is 2. The van der Waals surface area contributed by atoms with E-state index in [1.807, 2.05) is 36.8 Å². The van der Waals surface area contributed by atoms with E-state index in [9.17, 15) is 0 Å². The molecule has 0 saturated carbocycles. The zero-order chi connectivity index (χ0) is 14.1. The van der Waals surface area contributed by atoms with Gasteiger partial charge >= 0.3 is 0 Å². The first-order valence-electron chi connectivity index (χ1n) is 6.55. The maximum atomic E-state index is 6.07. The van der Waals surface area contributed by atoms with E-state index < -0.39 is 0 Å². The average molecular weight is 334 g/mol. The number of imidazole rings is 1. The van der Waals surface area contributed by atoms with Gasteiger partial charge in [-0.15, -0.1) is 0 Å². The minimum atomic E-state index is 0.110. The number of hydrogen-bond acceptors (Lipinski definition) is 4. The zero-order valence-electron chi connectivity index (χ0n) is 11.2. The highest BCUT2D eigenvalue weighted by Gasteiger charge is 2.30. The van der Waals surface area contributed by atoms with Crippen LogP contribution in [0.5, 0.6) is 0 Å². The molecule has 1 aromatic heterocycles. The molecule has 3 rings (SSSR count). The maximum Gasteiger partial charge on any atom is 0.196 e. The molecular formula is C14H16BrN5. The van der Waals surface area contributed by atoms with Crippen molar-refractivity contribution in [2.45, 2.75) is 19.5 Å². The fourth-order valence-electron chi connectivity index (χ4n) is 2.51. The Kier molecular flexibility index (Phi) is 3.48. The van der Waals surface area contributed by atoms with Crippen LogP contribution in [0.1, 0.15) is 18.7 Å². The minimum absolute atomic E-state index is 0.110. The molecule has 1 aliphatic rings. The molecule has 2 heterocycles. The smallest absolute Gasteiger partial charge is 0.196 e. The molecule has 104 valence electrons. The lowest BCUT2D eigenvalue weighted by atomic mass is 10.1. The first-order valence-corrected chi connectivity index (χ1v) is 7.34. The normalized spacial score (nSPS) is 18.4. The molecule has 0 bridgehead atoms. The first-order chi connectivity index (χ1) is 9.70. The molecule has 0 fully saturated rings. The highest BCUT2D eigenvalue weighted by molar-refractivity contribution is 9.10. The van der Waals surface area contributed by atoms with Gasteiger partial charge in [0.2, 0.25) is 0 Å². The van der Waals surface area contributed by atoms with Gasteiger partial charge in [0.15, 0.2) is 5.96 Å². The molecule has 0 aliphatic carbocycles. The largest absolute Gasteiger partial charge is 0.369 e. The third kappa shape index (κ3) is 2.20. The summed E-state index contributed by atoms with van der Waals surface area (Å²) in [5, 5.41) is 0. The molecule has 2 aromatic rings. The second-order valence-electron chi connectivity index (χ2n) is 4.67. The van der Waals surface area contributed by atoms with Crippen molar-refractivity contribution in [3.8, 4) is 0 Å². The predicted octanol–water partition coefficient (Wildman–Crippen LogP) is 2.54. The van der Waals surface area contributed by atoms with Crippen LogP contribution in [0.4, 0.5) is 5.69 Å². The van der Waals surface area contributed by atoms with Crippen LogP contribution >= 0.6 is 15.9 Å². The lowest BCUT2D eigenvalue weighted by Crippen LogP contribution is -2.36. The van der Waals surface area contributed by atoms with E-state index in [2.05, 4.69) is 42.3 Å². The first kappa shape index (κ1) is 13.2. The van der Waals surface area contributed by atoms with Crippen LogP contribution in [-0.4, -0.2) is 22.1 Å². The van der Waals surface area contributed by atoms with E-state index in [4.69, 9.17) is 5.73 Å². The lowest BCUT2D eigenvalue weighted by molar-refractivity contribution is 0.643. The summed E-state index contributed by atoms with van der Waals surface area (Å²) in [7, 11) is 0. The van der Waals surface area contributed by atoms with Crippen molar-refractivity contribution >= 4 is 27.6 Å². The predicted molar refractivity (Wildman–Crippen MR) is 83.8 cm³/mol. The van der Waals surface area contributed by atoms with Gasteiger partial charge in [-0.25, -0.2) is 4.98 Å². The fraction of sp³-hybridized carbons (Fsp3) is 0.286. The highest BCUT2D eigenvalue weighted by atomic mass is 79.9. The molecule has 1 atom stereocenters. The fourth-order valence-corrected chi connectivity index (χ4v) is 2.77. The van der Waals surface area contributed by atoms with Crippen LogP contribution in [-0.2, 0) is 6.54 Å². The van der Waals surface area contributed by atoms with E-state index >= 15 is 0 Å². The number of halogens is 1. The number of rotatable bonds is 3. The Morgan fingerprint density at radius 3 is 2.80 bits per heavy atom. The number of benzene rings is 1. The van der Waals surface area contributed by atoms with Crippen LogP contribution in [0, 0.1) is 0 Å². The van der Waals surface area contributed by atoms with Gasteiger partial charge in [0.25, 0.3) is 0 Å². The Bertz CT molecular complexity index is 631. The number of aliphatic imine (C=N–C) groups is 1. The summed E-state index contributed by atoms with van der Waals surface area (Å²) in [6.45, 7) is 3.65. The Morgan fingerprint density at radius 1 is 1.35 bits per heavy atom. The number of hydrogen-bond donors (Lipinski definition) is 1. The van der Waals surface area contributed by atoms with Crippen molar-refractivity contribution in [1.29, 1.82) is 0 Å². The second kappa shape index (κ2) is 5.28. The SMILES string of the molecule is CCn1cncc1C1CN=C(N)N1c1ccc(Br)cc1. The van der Waals surface area contributed by atoms with E-state index in [0.29, 0.717) is 12.5 Å². The molecule has 0 spiro atoms. The number of anilines is 1. The summed E-state index contributed by atoms with van der Waals surface area (Å²) in [5.74, 6) is 0.557. The van der Waals surface area contributed by atoms with Crippen molar-refractivity contribution < 1.29 is 0 Å². The minimum Gasteiger partial charge on any atom is -0.369 e. The zero-order valence-corrected chi connectivity index (χ0v) is 12.8. The van der Waals surface area contributed by atoms with Crippen molar-refractivity contribution in [3.05, 3.63) is 47.0 Å². The number of nitrogens with zero attached hydrogens (tertiary/aromatic N) is 4. The number of nitrogens with two attached hydrogens (primary N) is 1. The number of aryl methyl sites for hydroxylation is 1. The Labute approximate surface area is 126 Å². The van der Waals surface area contributed by atoms with Gasteiger partial charge in [-0.2, -0.15) is 0 Å². The monoisotopic (exact) mass is 333 g/mol. The van der Waals surface area contributed by atoms with Crippen LogP contribution in [0.2, 0.25) is 0 Å². The quantitative estimate of drug-likeness (QED) is 0.938. The van der Waals surface area contributed by atoms with Gasteiger partial charge in [0.05, 0.1) is 30.8 Å². The molecule has 6 heteroatoms. The third-order valence-electron chi connectivity index (χ3n) is 3.52. The summed E-state index contributed by atoms with van der Waals surface area (Å²) in [6.07, 6.45) is 3.75. The standard InChI is InChI=1S/C14H16BrN5/c1-2-19-9-17-7-12(19)13-8-18-14(16)20(13)11-5-3-10(15)4-6-11/h3-7,9,13H,2,8H2,1H3,(H2,16,18). The molecule has 1 aliphatic heterocycles. The summed E-state index contributed by atoms with van der Waals surface area (Å²) in [5.41, 5.74) is 8.25. The molecule has 0 amide bonds. The highest BCUT2D eigenvalue weighted by Crippen LogP contribution is 2.31. The lowest BCUT2D eigenvalue weighted by Gasteiger charge is -2.26. The summed E-state index contributed by atoms with van der Waals surface area (Å²) in [6, 6.07) is 8.21. The maximum absolute atomic E-state index is 6.07. The number of guanidine groups is 1. The molecule has 20 heavy (non-hydrogen) atoms. The molecule has 1 unspecified atom stereocenters. The van der Waals surface area contributed by atoms with Gasteiger partial charge in [-0.05, 0) is 31.2 Å². The van der Waals surface area contributed by atoms with Crippen molar-refractivity contribution in [1.82, 2.24) is 9.55 Å². The van der Waals surface area contributed by atoms with Gasteiger partial charge in [0.1, 0.15) is 0 Å². The van der Waals surface area contributed by atoms with Gasteiger partial charge in [-0.3, -0.25) is 4.99 Å². The van der Waals surface area contributed by atoms with E-state index in [1.165, 1.54) is 0 Å². The summed E-state index contributed by atoms with van der Waals surface area (Å²) < 4.78 is 3.18. The Balaban J connectivity index is 1.98. The molecule has 0 saturated heterocycles. The Hall–Kier alpha value is -1.82. The van der Waals surface area contributed by atoms with E-state index in [1.54, 1.807) is 0 Å². The molecule has 2 N–H and O–H groups in total.